The standard InChI is InChI=1S/C19H30N4O2.ClH/c1-4-22(12-9-18(24)23-13-10-20-11-14-23)15-16-5-7-17(8-6-16)19(25)21(2)3;/h5-8,20H,4,9-15H2,1-3H3;1H. The van der Waals surface area contributed by atoms with E-state index in [-0.39, 0.29) is 24.2 Å². The highest BCUT2D eigenvalue weighted by Gasteiger charge is 2.17. The van der Waals surface area contributed by atoms with Crippen LogP contribution >= 0.6 is 12.4 Å². The molecule has 1 aliphatic rings. The van der Waals surface area contributed by atoms with Crippen molar-refractivity contribution in [2.45, 2.75) is 19.9 Å². The lowest BCUT2D eigenvalue weighted by Crippen LogP contribution is -2.47. The number of carbonyl (C=O) groups excluding carboxylic acids is 2. The molecule has 6 nitrogen and oxygen atoms in total. The predicted molar refractivity (Wildman–Crippen MR) is 107 cm³/mol. The molecule has 0 bridgehead atoms. The molecule has 1 fully saturated rings. The van der Waals surface area contributed by atoms with E-state index in [1.165, 1.54) is 0 Å². The van der Waals surface area contributed by atoms with Gasteiger partial charge in [-0.2, -0.15) is 0 Å². The van der Waals surface area contributed by atoms with Gasteiger partial charge >= 0.3 is 0 Å². The molecule has 1 heterocycles. The lowest BCUT2D eigenvalue weighted by atomic mass is 10.1. The monoisotopic (exact) mass is 382 g/mol. The Morgan fingerprint density at radius 1 is 1.12 bits per heavy atom. The lowest BCUT2D eigenvalue weighted by molar-refractivity contribution is -0.132. The summed E-state index contributed by atoms with van der Waals surface area (Å²) in [7, 11) is 3.51. The molecule has 7 heteroatoms. The minimum Gasteiger partial charge on any atom is -0.345 e. The Kier molecular flexibility index (Phi) is 9.62. The second-order valence-electron chi connectivity index (χ2n) is 6.65. The van der Waals surface area contributed by atoms with Crippen LogP contribution in [-0.4, -0.2) is 79.9 Å². The average Bonchev–Trinajstić information content (AvgIpc) is 2.65. The van der Waals surface area contributed by atoms with E-state index in [2.05, 4.69) is 17.1 Å². The molecule has 146 valence electrons. The fourth-order valence-electron chi connectivity index (χ4n) is 2.94. The van der Waals surface area contributed by atoms with Crippen molar-refractivity contribution in [1.82, 2.24) is 20.0 Å². The van der Waals surface area contributed by atoms with Crippen molar-refractivity contribution in [2.24, 2.45) is 0 Å². The second-order valence-corrected chi connectivity index (χ2v) is 6.65. The Morgan fingerprint density at radius 3 is 2.27 bits per heavy atom. The van der Waals surface area contributed by atoms with E-state index in [9.17, 15) is 9.59 Å². The number of hydrogen-bond acceptors (Lipinski definition) is 4. The zero-order chi connectivity index (χ0) is 18.2. The predicted octanol–water partition coefficient (Wildman–Crippen LogP) is 1.45. The van der Waals surface area contributed by atoms with Gasteiger partial charge in [0.2, 0.25) is 5.91 Å². The van der Waals surface area contributed by atoms with Gasteiger partial charge in [0.25, 0.3) is 5.91 Å². The number of amides is 2. The molecule has 1 aromatic carbocycles. The summed E-state index contributed by atoms with van der Waals surface area (Å²) in [5.74, 6) is 0.257. The maximum absolute atomic E-state index is 12.3. The number of nitrogens with zero attached hydrogens (tertiary/aromatic N) is 3. The van der Waals surface area contributed by atoms with Gasteiger partial charge in [0, 0.05) is 65.3 Å². The summed E-state index contributed by atoms with van der Waals surface area (Å²) < 4.78 is 0. The van der Waals surface area contributed by atoms with Crippen LogP contribution in [0.5, 0.6) is 0 Å². The van der Waals surface area contributed by atoms with Gasteiger partial charge < -0.3 is 15.1 Å². The molecule has 1 saturated heterocycles. The number of carbonyl (C=O) groups is 2. The van der Waals surface area contributed by atoms with Crippen LogP contribution in [-0.2, 0) is 11.3 Å². The molecule has 0 atom stereocenters. The Bertz CT molecular complexity index is 571. The molecule has 1 aliphatic heterocycles. The van der Waals surface area contributed by atoms with Crippen molar-refractivity contribution in [3.05, 3.63) is 35.4 Å². The van der Waals surface area contributed by atoms with Crippen LogP contribution in [0.4, 0.5) is 0 Å². The van der Waals surface area contributed by atoms with E-state index in [1.54, 1.807) is 19.0 Å². The summed E-state index contributed by atoms with van der Waals surface area (Å²) in [6.45, 7) is 7.97. The molecule has 0 spiro atoms. The number of nitrogens with one attached hydrogen (secondary N) is 1. The van der Waals surface area contributed by atoms with Gasteiger partial charge in [0.05, 0.1) is 0 Å². The third kappa shape index (κ3) is 6.59. The van der Waals surface area contributed by atoms with Crippen molar-refractivity contribution in [3.8, 4) is 0 Å². The van der Waals surface area contributed by atoms with Crippen LogP contribution in [0.2, 0.25) is 0 Å². The molecular weight excluding hydrogens is 352 g/mol. The van der Waals surface area contributed by atoms with Crippen molar-refractivity contribution in [3.63, 3.8) is 0 Å². The molecule has 1 aromatic rings. The summed E-state index contributed by atoms with van der Waals surface area (Å²) in [6, 6.07) is 7.74. The molecule has 26 heavy (non-hydrogen) atoms. The van der Waals surface area contributed by atoms with E-state index in [1.807, 2.05) is 29.2 Å². The molecular formula is C19H31ClN4O2. The minimum atomic E-state index is 0. The van der Waals surface area contributed by atoms with Gasteiger partial charge in [-0.05, 0) is 24.2 Å². The smallest absolute Gasteiger partial charge is 0.253 e. The van der Waals surface area contributed by atoms with Crippen LogP contribution in [0.25, 0.3) is 0 Å². The molecule has 0 aliphatic carbocycles. The summed E-state index contributed by atoms with van der Waals surface area (Å²) in [5, 5.41) is 3.27. The van der Waals surface area contributed by atoms with Crippen molar-refractivity contribution >= 4 is 24.2 Å². The van der Waals surface area contributed by atoms with Crippen LogP contribution < -0.4 is 5.32 Å². The quantitative estimate of drug-likeness (QED) is 0.775. The fraction of sp³-hybridized carbons (Fsp3) is 0.579. The van der Waals surface area contributed by atoms with E-state index >= 15 is 0 Å². The highest BCUT2D eigenvalue weighted by molar-refractivity contribution is 5.93. The van der Waals surface area contributed by atoms with E-state index < -0.39 is 0 Å². The summed E-state index contributed by atoms with van der Waals surface area (Å²) in [4.78, 5) is 30.0. The fourth-order valence-corrected chi connectivity index (χ4v) is 2.94. The molecule has 0 aromatic heterocycles. The van der Waals surface area contributed by atoms with Gasteiger partial charge in [0.1, 0.15) is 0 Å². The van der Waals surface area contributed by atoms with Gasteiger partial charge in [-0.15, -0.1) is 12.4 Å². The third-order valence-electron chi connectivity index (χ3n) is 4.57. The topological polar surface area (TPSA) is 55.9 Å². The zero-order valence-corrected chi connectivity index (χ0v) is 16.8. The first-order valence-electron chi connectivity index (χ1n) is 9.02. The molecule has 0 unspecified atom stereocenters. The molecule has 1 N–H and O–H groups in total. The SMILES string of the molecule is CCN(CCC(=O)N1CCNCC1)Cc1ccc(C(=O)N(C)C)cc1.Cl. The van der Waals surface area contributed by atoms with Crippen LogP contribution in [0.1, 0.15) is 29.3 Å². The van der Waals surface area contributed by atoms with E-state index in [0.29, 0.717) is 12.0 Å². The number of benzene rings is 1. The van der Waals surface area contributed by atoms with Crippen LogP contribution in [0.15, 0.2) is 24.3 Å². The second kappa shape index (κ2) is 11.2. The van der Waals surface area contributed by atoms with E-state index in [0.717, 1.165) is 51.4 Å². The third-order valence-corrected chi connectivity index (χ3v) is 4.57. The molecule has 2 rings (SSSR count). The van der Waals surface area contributed by atoms with Crippen molar-refractivity contribution in [2.75, 3.05) is 53.4 Å². The first-order valence-corrected chi connectivity index (χ1v) is 9.02. The summed E-state index contributed by atoms with van der Waals surface area (Å²) in [5.41, 5.74) is 1.86. The summed E-state index contributed by atoms with van der Waals surface area (Å²) >= 11 is 0. The normalized spacial score (nSPS) is 14.1. The van der Waals surface area contributed by atoms with Crippen LogP contribution in [0.3, 0.4) is 0 Å². The van der Waals surface area contributed by atoms with Gasteiger partial charge in [-0.3, -0.25) is 14.5 Å². The number of rotatable bonds is 7. The first kappa shape index (κ1) is 22.4. The lowest BCUT2D eigenvalue weighted by Gasteiger charge is -2.28. The Labute approximate surface area is 162 Å². The highest BCUT2D eigenvalue weighted by atomic mass is 35.5. The maximum Gasteiger partial charge on any atom is 0.253 e. The van der Waals surface area contributed by atoms with Crippen LogP contribution in [0, 0.1) is 0 Å². The first-order chi connectivity index (χ1) is 12.0. The van der Waals surface area contributed by atoms with Crippen molar-refractivity contribution < 1.29 is 9.59 Å². The van der Waals surface area contributed by atoms with E-state index in [4.69, 9.17) is 0 Å². The Balaban J connectivity index is 0.00000338. The maximum atomic E-state index is 12.3. The Hall–Kier alpha value is -1.63. The van der Waals surface area contributed by atoms with Gasteiger partial charge in [0.15, 0.2) is 0 Å². The zero-order valence-electron chi connectivity index (χ0n) is 16.0. The molecule has 2 amide bonds. The summed E-state index contributed by atoms with van der Waals surface area (Å²) in [6.07, 6.45) is 0.561. The van der Waals surface area contributed by atoms with Crippen molar-refractivity contribution in [1.29, 1.82) is 0 Å². The number of hydrogen-bond donors (Lipinski definition) is 1. The average molecular weight is 383 g/mol. The molecule has 0 saturated carbocycles. The number of piperazine rings is 1. The Morgan fingerprint density at radius 2 is 1.73 bits per heavy atom. The van der Waals surface area contributed by atoms with Gasteiger partial charge in [-0.25, -0.2) is 0 Å². The highest BCUT2D eigenvalue weighted by Crippen LogP contribution is 2.10. The largest absolute Gasteiger partial charge is 0.345 e. The van der Waals surface area contributed by atoms with Gasteiger partial charge in [-0.1, -0.05) is 19.1 Å². The molecule has 0 radical (unpaired) electrons. The number of halogens is 1. The minimum absolute atomic E-state index is 0.